The Morgan fingerprint density at radius 2 is 2.12 bits per heavy atom. The molecule has 0 bridgehead atoms. The minimum atomic E-state index is -0.140. The van der Waals surface area contributed by atoms with Gasteiger partial charge in [-0.15, -0.1) is 11.3 Å². The maximum Gasteiger partial charge on any atom is 0.257 e. The van der Waals surface area contributed by atoms with Crippen molar-refractivity contribution in [3.63, 3.8) is 0 Å². The largest absolute Gasteiger partial charge is 0.490 e. The molecule has 1 aromatic heterocycles. The number of rotatable bonds is 5. The highest BCUT2D eigenvalue weighted by Crippen LogP contribution is 2.40. The summed E-state index contributed by atoms with van der Waals surface area (Å²) >= 11 is 1.61. The van der Waals surface area contributed by atoms with Gasteiger partial charge in [0.05, 0.1) is 5.69 Å². The second-order valence-corrected chi connectivity index (χ2v) is 8.86. The van der Waals surface area contributed by atoms with Crippen LogP contribution in [0.4, 0.5) is 5.13 Å². The van der Waals surface area contributed by atoms with E-state index < -0.39 is 0 Å². The maximum atomic E-state index is 12.5. The third kappa shape index (κ3) is 4.33. The Hall–Kier alpha value is -2.14. The maximum absolute atomic E-state index is 12.5. The van der Waals surface area contributed by atoms with E-state index in [9.17, 15) is 4.79 Å². The van der Waals surface area contributed by atoms with Crippen LogP contribution >= 0.6 is 11.3 Å². The molecule has 0 saturated heterocycles. The molecule has 0 aliphatic heterocycles. The van der Waals surface area contributed by atoms with Crippen LogP contribution in [0.1, 0.15) is 48.1 Å². The van der Waals surface area contributed by atoms with Crippen molar-refractivity contribution in [1.29, 1.82) is 0 Å². The summed E-state index contributed by atoms with van der Waals surface area (Å²) in [7, 11) is 0. The van der Waals surface area contributed by atoms with Crippen LogP contribution in [-0.2, 0) is 12.8 Å². The molecule has 138 valence electrons. The van der Waals surface area contributed by atoms with Gasteiger partial charge in [0.2, 0.25) is 0 Å². The number of aromatic nitrogens is 1. The molecule has 1 amide bonds. The number of carbonyl (C=O) groups is 1. The second-order valence-electron chi connectivity index (χ2n) is 7.77. The fourth-order valence-electron chi connectivity index (χ4n) is 3.19. The highest BCUT2D eigenvalue weighted by molar-refractivity contribution is 7.15. The molecule has 1 aliphatic carbocycles. The number of nitrogens with zero attached hydrogens (tertiary/aromatic N) is 1. The molecule has 4 nitrogen and oxygen atoms in total. The first kappa shape index (κ1) is 18.6. The van der Waals surface area contributed by atoms with Crippen molar-refractivity contribution >= 4 is 22.4 Å². The molecule has 0 spiro atoms. The monoisotopic (exact) mass is 370 g/mol. The number of benzene rings is 1. The lowest BCUT2D eigenvalue weighted by molar-refractivity contribution is 0.102. The van der Waals surface area contributed by atoms with E-state index in [-0.39, 0.29) is 5.91 Å². The van der Waals surface area contributed by atoms with Crippen molar-refractivity contribution in [3.05, 3.63) is 53.1 Å². The molecule has 26 heavy (non-hydrogen) atoms. The van der Waals surface area contributed by atoms with E-state index in [1.54, 1.807) is 41.7 Å². The van der Waals surface area contributed by atoms with Crippen LogP contribution < -0.4 is 10.1 Å². The Labute approximate surface area is 159 Å². The molecular weight excluding hydrogens is 344 g/mol. The van der Waals surface area contributed by atoms with Gasteiger partial charge in [-0.2, -0.15) is 0 Å². The van der Waals surface area contributed by atoms with Gasteiger partial charge in [0, 0.05) is 10.4 Å². The summed E-state index contributed by atoms with van der Waals surface area (Å²) in [4.78, 5) is 18.4. The van der Waals surface area contributed by atoms with Gasteiger partial charge in [0.1, 0.15) is 12.4 Å². The normalized spacial score (nSPS) is 16.7. The molecule has 1 aliphatic rings. The van der Waals surface area contributed by atoms with Crippen molar-refractivity contribution in [2.24, 2.45) is 11.3 Å². The van der Waals surface area contributed by atoms with E-state index in [2.05, 4.69) is 37.7 Å². The first-order valence-corrected chi connectivity index (χ1v) is 9.82. The number of amides is 1. The smallest absolute Gasteiger partial charge is 0.257 e. The zero-order valence-corrected chi connectivity index (χ0v) is 16.5. The van der Waals surface area contributed by atoms with E-state index >= 15 is 0 Å². The summed E-state index contributed by atoms with van der Waals surface area (Å²) in [5, 5.41) is 3.64. The summed E-state index contributed by atoms with van der Waals surface area (Å²) in [6.45, 7) is 11.0. The van der Waals surface area contributed by atoms with Crippen LogP contribution in [0.25, 0.3) is 0 Å². The molecule has 5 heteroatoms. The van der Waals surface area contributed by atoms with E-state index in [4.69, 9.17) is 4.74 Å². The van der Waals surface area contributed by atoms with Crippen molar-refractivity contribution in [2.75, 3.05) is 11.9 Å². The molecule has 1 unspecified atom stereocenters. The number of carbonyl (C=O) groups excluding carboxylic acids is 1. The minimum Gasteiger partial charge on any atom is -0.490 e. The Morgan fingerprint density at radius 1 is 1.38 bits per heavy atom. The summed E-state index contributed by atoms with van der Waals surface area (Å²) in [5.74, 6) is 1.25. The number of hydrogen-bond acceptors (Lipinski definition) is 4. The zero-order chi connectivity index (χ0) is 18.7. The average Bonchev–Trinajstić information content (AvgIpc) is 3.01. The number of thiazole rings is 1. The van der Waals surface area contributed by atoms with Crippen molar-refractivity contribution in [1.82, 2.24) is 4.98 Å². The van der Waals surface area contributed by atoms with E-state index in [1.165, 1.54) is 11.3 Å². The van der Waals surface area contributed by atoms with Gasteiger partial charge in [-0.05, 0) is 54.9 Å². The van der Waals surface area contributed by atoms with Gasteiger partial charge in [0.15, 0.2) is 5.13 Å². The van der Waals surface area contributed by atoms with Gasteiger partial charge in [-0.25, -0.2) is 4.98 Å². The Balaban J connectivity index is 1.65. The lowest BCUT2D eigenvalue weighted by atomic mass is 9.73. The Bertz CT molecular complexity index is 787. The standard InChI is InChI=1S/C21H26N2O2S/c1-5-12-25-16-9-6-14(7-10-16)19(24)23-20-22-17-11-8-15(21(2,3)4)13-18(17)26-20/h5-7,9-10,15H,1,8,11-13H2,2-4H3,(H,22,23,24). The summed E-state index contributed by atoms with van der Waals surface area (Å²) in [6.07, 6.45) is 4.91. The van der Waals surface area contributed by atoms with Gasteiger partial charge in [-0.3, -0.25) is 10.1 Å². The van der Waals surface area contributed by atoms with Crippen LogP contribution in [-0.4, -0.2) is 17.5 Å². The predicted molar refractivity (Wildman–Crippen MR) is 107 cm³/mol. The molecule has 1 heterocycles. The van der Waals surface area contributed by atoms with Crippen molar-refractivity contribution in [3.8, 4) is 5.75 Å². The van der Waals surface area contributed by atoms with Crippen LogP contribution in [0.5, 0.6) is 5.75 Å². The summed E-state index contributed by atoms with van der Waals surface area (Å²) < 4.78 is 5.44. The lowest BCUT2D eigenvalue weighted by Gasteiger charge is -2.33. The number of ether oxygens (including phenoxy) is 1. The molecule has 0 radical (unpaired) electrons. The summed E-state index contributed by atoms with van der Waals surface area (Å²) in [6, 6.07) is 7.10. The summed E-state index contributed by atoms with van der Waals surface area (Å²) in [5.41, 5.74) is 2.05. The van der Waals surface area contributed by atoms with Crippen molar-refractivity contribution < 1.29 is 9.53 Å². The molecular formula is C21H26N2O2S. The molecule has 3 rings (SSSR count). The average molecular weight is 371 g/mol. The topological polar surface area (TPSA) is 51.2 Å². The number of fused-ring (bicyclic) bond motifs is 1. The molecule has 1 aromatic carbocycles. The highest BCUT2D eigenvalue weighted by Gasteiger charge is 2.30. The lowest BCUT2D eigenvalue weighted by Crippen LogP contribution is -2.26. The first-order valence-electron chi connectivity index (χ1n) is 9.00. The van der Waals surface area contributed by atoms with E-state index in [0.717, 1.165) is 24.3 Å². The fourth-order valence-corrected chi connectivity index (χ4v) is 4.28. The van der Waals surface area contributed by atoms with E-state index in [1.807, 2.05) is 0 Å². The zero-order valence-electron chi connectivity index (χ0n) is 15.7. The predicted octanol–water partition coefficient (Wildman–Crippen LogP) is 5.11. The van der Waals surface area contributed by atoms with Gasteiger partial charge in [-0.1, -0.05) is 33.4 Å². The number of nitrogens with one attached hydrogen (secondary N) is 1. The van der Waals surface area contributed by atoms with Gasteiger partial charge >= 0.3 is 0 Å². The van der Waals surface area contributed by atoms with E-state index in [0.29, 0.717) is 28.6 Å². The Morgan fingerprint density at radius 3 is 2.77 bits per heavy atom. The molecule has 1 atom stereocenters. The van der Waals surface area contributed by atoms with Crippen LogP contribution in [0.3, 0.4) is 0 Å². The molecule has 0 saturated carbocycles. The fraction of sp³-hybridized carbons (Fsp3) is 0.429. The Kier molecular flexibility index (Phi) is 5.47. The SMILES string of the molecule is C=CCOc1ccc(C(=O)Nc2nc3c(s2)CC(C(C)(C)C)CC3)cc1. The third-order valence-corrected chi connectivity index (χ3v) is 5.90. The highest BCUT2D eigenvalue weighted by atomic mass is 32.1. The van der Waals surface area contributed by atoms with Crippen LogP contribution in [0.2, 0.25) is 0 Å². The number of aryl methyl sites for hydroxylation is 1. The number of hydrogen-bond donors (Lipinski definition) is 1. The quantitative estimate of drug-likeness (QED) is 0.744. The van der Waals surface area contributed by atoms with Gasteiger partial charge < -0.3 is 4.74 Å². The molecule has 1 N–H and O–H groups in total. The number of anilines is 1. The third-order valence-electron chi connectivity index (χ3n) is 4.87. The first-order chi connectivity index (χ1) is 12.4. The molecule has 2 aromatic rings. The molecule has 0 fully saturated rings. The van der Waals surface area contributed by atoms with Crippen LogP contribution in [0.15, 0.2) is 36.9 Å². The van der Waals surface area contributed by atoms with Crippen LogP contribution in [0, 0.1) is 11.3 Å². The second kappa shape index (κ2) is 7.62. The minimum absolute atomic E-state index is 0.140. The van der Waals surface area contributed by atoms with Crippen molar-refractivity contribution in [2.45, 2.75) is 40.0 Å². The van der Waals surface area contributed by atoms with Gasteiger partial charge in [0.25, 0.3) is 5.91 Å².